The van der Waals surface area contributed by atoms with E-state index >= 15 is 0 Å². The van der Waals surface area contributed by atoms with Crippen molar-refractivity contribution in [2.75, 3.05) is 26.3 Å². The topological polar surface area (TPSA) is 36.3 Å². The molecular formula is C11H16N2O. The molecule has 0 aromatic carbocycles. The summed E-state index contributed by atoms with van der Waals surface area (Å²) in [5, 5.41) is 8.74. The SMILES string of the molecule is N#CC1=CCC(N2CCOCC2)CC1. The number of ether oxygens (including phenoxy) is 1. The molecule has 1 fully saturated rings. The van der Waals surface area contributed by atoms with Crippen molar-refractivity contribution < 1.29 is 4.74 Å². The third-order valence-electron chi connectivity index (χ3n) is 3.09. The number of hydrogen-bond acceptors (Lipinski definition) is 3. The average molecular weight is 192 g/mol. The van der Waals surface area contributed by atoms with Crippen LogP contribution >= 0.6 is 0 Å². The summed E-state index contributed by atoms with van der Waals surface area (Å²) in [6.45, 7) is 3.84. The zero-order chi connectivity index (χ0) is 9.80. The molecule has 0 bridgehead atoms. The molecule has 0 saturated carbocycles. The molecule has 0 aromatic rings. The van der Waals surface area contributed by atoms with Gasteiger partial charge in [-0.05, 0) is 19.3 Å². The predicted molar refractivity (Wildman–Crippen MR) is 53.7 cm³/mol. The van der Waals surface area contributed by atoms with Crippen molar-refractivity contribution in [2.45, 2.75) is 25.3 Å². The number of nitriles is 1. The second-order valence-electron chi connectivity index (χ2n) is 3.92. The highest BCUT2D eigenvalue weighted by Crippen LogP contribution is 2.22. The Hall–Kier alpha value is -0.850. The van der Waals surface area contributed by atoms with E-state index in [1.165, 1.54) is 0 Å². The van der Waals surface area contributed by atoms with E-state index in [1.54, 1.807) is 0 Å². The molecule has 0 N–H and O–H groups in total. The van der Waals surface area contributed by atoms with E-state index < -0.39 is 0 Å². The summed E-state index contributed by atoms with van der Waals surface area (Å²) in [7, 11) is 0. The van der Waals surface area contributed by atoms with Crippen molar-refractivity contribution in [3.63, 3.8) is 0 Å². The zero-order valence-electron chi connectivity index (χ0n) is 8.41. The summed E-state index contributed by atoms with van der Waals surface area (Å²) in [6, 6.07) is 2.89. The molecule has 1 aliphatic heterocycles. The van der Waals surface area contributed by atoms with Crippen LogP contribution in [0.4, 0.5) is 0 Å². The molecular weight excluding hydrogens is 176 g/mol. The van der Waals surface area contributed by atoms with E-state index in [9.17, 15) is 0 Å². The molecule has 1 aliphatic carbocycles. The van der Waals surface area contributed by atoms with Crippen LogP contribution in [0.1, 0.15) is 19.3 Å². The van der Waals surface area contributed by atoms with E-state index in [0.717, 1.165) is 51.1 Å². The zero-order valence-corrected chi connectivity index (χ0v) is 8.41. The average Bonchev–Trinajstić information content (AvgIpc) is 2.30. The van der Waals surface area contributed by atoms with Gasteiger partial charge in [-0.2, -0.15) is 5.26 Å². The van der Waals surface area contributed by atoms with Crippen LogP contribution in [0.2, 0.25) is 0 Å². The fourth-order valence-corrected chi connectivity index (χ4v) is 2.20. The third-order valence-corrected chi connectivity index (χ3v) is 3.09. The van der Waals surface area contributed by atoms with Crippen LogP contribution in [0.15, 0.2) is 11.6 Å². The summed E-state index contributed by atoms with van der Waals surface area (Å²) in [6.07, 6.45) is 5.24. The van der Waals surface area contributed by atoms with Gasteiger partial charge in [0.25, 0.3) is 0 Å². The molecule has 76 valence electrons. The number of rotatable bonds is 1. The molecule has 3 nitrogen and oxygen atoms in total. The minimum atomic E-state index is 0.649. The fraction of sp³-hybridized carbons (Fsp3) is 0.727. The maximum atomic E-state index is 8.74. The van der Waals surface area contributed by atoms with E-state index in [4.69, 9.17) is 10.00 Å². The molecule has 0 spiro atoms. The molecule has 14 heavy (non-hydrogen) atoms. The maximum absolute atomic E-state index is 8.74. The van der Waals surface area contributed by atoms with Gasteiger partial charge in [0.05, 0.1) is 19.3 Å². The lowest BCUT2D eigenvalue weighted by molar-refractivity contribution is 0.0146. The van der Waals surface area contributed by atoms with Gasteiger partial charge in [0.2, 0.25) is 0 Å². The number of nitrogens with zero attached hydrogens (tertiary/aromatic N) is 2. The van der Waals surface area contributed by atoms with Gasteiger partial charge in [-0.15, -0.1) is 0 Å². The van der Waals surface area contributed by atoms with E-state index in [0.29, 0.717) is 6.04 Å². The summed E-state index contributed by atoms with van der Waals surface area (Å²) < 4.78 is 5.32. The van der Waals surface area contributed by atoms with Crippen LogP contribution in [0, 0.1) is 11.3 Å². The highest BCUT2D eigenvalue weighted by Gasteiger charge is 2.22. The first kappa shape index (κ1) is 9.70. The summed E-state index contributed by atoms with van der Waals surface area (Å²) >= 11 is 0. The minimum Gasteiger partial charge on any atom is -0.379 e. The van der Waals surface area contributed by atoms with Crippen LogP contribution in [-0.2, 0) is 4.74 Å². The summed E-state index contributed by atoms with van der Waals surface area (Å²) in [5.74, 6) is 0. The first-order chi connectivity index (χ1) is 6.90. The van der Waals surface area contributed by atoms with E-state index in [2.05, 4.69) is 17.0 Å². The third kappa shape index (κ3) is 2.14. The highest BCUT2D eigenvalue weighted by molar-refractivity contribution is 5.23. The van der Waals surface area contributed by atoms with Crippen molar-refractivity contribution >= 4 is 0 Å². The van der Waals surface area contributed by atoms with Crippen molar-refractivity contribution in [1.29, 1.82) is 5.26 Å². The molecule has 2 aliphatic rings. The molecule has 0 amide bonds. The Morgan fingerprint density at radius 1 is 1.43 bits per heavy atom. The van der Waals surface area contributed by atoms with Crippen LogP contribution in [0.3, 0.4) is 0 Å². The molecule has 1 atom stereocenters. The quantitative estimate of drug-likeness (QED) is 0.628. The number of hydrogen-bond donors (Lipinski definition) is 0. The van der Waals surface area contributed by atoms with Gasteiger partial charge in [0.1, 0.15) is 0 Å². The van der Waals surface area contributed by atoms with Crippen LogP contribution in [0.5, 0.6) is 0 Å². The molecule has 1 heterocycles. The molecule has 0 aromatic heterocycles. The first-order valence-electron chi connectivity index (χ1n) is 5.31. The Morgan fingerprint density at radius 2 is 2.21 bits per heavy atom. The minimum absolute atomic E-state index is 0.649. The Balaban J connectivity index is 1.88. The van der Waals surface area contributed by atoms with E-state index in [-0.39, 0.29) is 0 Å². The van der Waals surface area contributed by atoms with Gasteiger partial charge in [-0.3, -0.25) is 4.90 Å². The van der Waals surface area contributed by atoms with Gasteiger partial charge in [-0.1, -0.05) is 6.08 Å². The standard InChI is InChI=1S/C11H16N2O/c12-9-10-1-3-11(4-2-10)13-5-7-14-8-6-13/h1,11H,2-8H2. The van der Waals surface area contributed by atoms with E-state index in [1.807, 2.05) is 0 Å². The fourth-order valence-electron chi connectivity index (χ4n) is 2.20. The van der Waals surface area contributed by atoms with Crippen molar-refractivity contribution in [2.24, 2.45) is 0 Å². The Morgan fingerprint density at radius 3 is 2.79 bits per heavy atom. The second kappa shape index (κ2) is 4.59. The largest absolute Gasteiger partial charge is 0.379 e. The second-order valence-corrected chi connectivity index (χ2v) is 3.92. The highest BCUT2D eigenvalue weighted by atomic mass is 16.5. The molecule has 1 unspecified atom stereocenters. The Labute approximate surface area is 85.0 Å². The normalized spacial score (nSPS) is 29.4. The van der Waals surface area contributed by atoms with Crippen LogP contribution < -0.4 is 0 Å². The van der Waals surface area contributed by atoms with Gasteiger partial charge < -0.3 is 4.74 Å². The molecule has 2 rings (SSSR count). The lowest BCUT2D eigenvalue weighted by Gasteiger charge is -2.35. The van der Waals surface area contributed by atoms with Gasteiger partial charge in [0, 0.05) is 24.7 Å². The lowest BCUT2D eigenvalue weighted by Crippen LogP contribution is -2.43. The van der Waals surface area contributed by atoms with Crippen LogP contribution in [-0.4, -0.2) is 37.2 Å². The maximum Gasteiger partial charge on any atom is 0.0943 e. The smallest absolute Gasteiger partial charge is 0.0943 e. The molecule has 3 heteroatoms. The molecule has 0 radical (unpaired) electrons. The predicted octanol–water partition coefficient (Wildman–Crippen LogP) is 1.32. The first-order valence-corrected chi connectivity index (χ1v) is 5.31. The monoisotopic (exact) mass is 192 g/mol. The van der Waals surface area contributed by atoms with Crippen molar-refractivity contribution in [3.8, 4) is 6.07 Å². The van der Waals surface area contributed by atoms with Gasteiger partial charge in [0.15, 0.2) is 0 Å². The van der Waals surface area contributed by atoms with Crippen molar-refractivity contribution in [1.82, 2.24) is 4.90 Å². The number of allylic oxidation sites excluding steroid dienone is 1. The molecule has 1 saturated heterocycles. The lowest BCUT2D eigenvalue weighted by atomic mass is 9.94. The summed E-state index contributed by atoms with van der Waals surface area (Å²) in [5.41, 5.74) is 0.967. The van der Waals surface area contributed by atoms with Crippen molar-refractivity contribution in [3.05, 3.63) is 11.6 Å². The van der Waals surface area contributed by atoms with Gasteiger partial charge >= 0.3 is 0 Å². The Bertz CT molecular complexity index is 261. The van der Waals surface area contributed by atoms with Crippen LogP contribution in [0.25, 0.3) is 0 Å². The summed E-state index contributed by atoms with van der Waals surface area (Å²) in [4.78, 5) is 2.49. The van der Waals surface area contributed by atoms with Gasteiger partial charge in [-0.25, -0.2) is 0 Å². The number of morpholine rings is 1. The Kier molecular flexibility index (Phi) is 3.18.